The van der Waals surface area contributed by atoms with E-state index < -0.39 is 22.5 Å². The van der Waals surface area contributed by atoms with E-state index in [1.165, 1.54) is 23.9 Å². The topological polar surface area (TPSA) is 117 Å². The van der Waals surface area contributed by atoms with Gasteiger partial charge in [-0.1, -0.05) is 6.92 Å². The van der Waals surface area contributed by atoms with Gasteiger partial charge in [-0.05, 0) is 30.2 Å². The van der Waals surface area contributed by atoms with Crippen LogP contribution in [0.1, 0.15) is 12.5 Å². The maximum Gasteiger partial charge on any atom is 0.252 e. The molecule has 0 saturated carbocycles. The second-order valence-corrected chi connectivity index (χ2v) is 8.47. The van der Waals surface area contributed by atoms with Crippen molar-refractivity contribution in [3.63, 3.8) is 0 Å². The number of fused-ring (bicyclic) bond motifs is 1. The van der Waals surface area contributed by atoms with Crippen LogP contribution < -0.4 is 10.9 Å². The molecule has 1 aromatic carbocycles. The number of pyridine rings is 1. The van der Waals surface area contributed by atoms with Gasteiger partial charge in [0.15, 0.2) is 0 Å². The first kappa shape index (κ1) is 19.8. The molecule has 0 unspecified atom stereocenters. The van der Waals surface area contributed by atoms with Gasteiger partial charge in [-0.3, -0.25) is 14.7 Å². The van der Waals surface area contributed by atoms with Crippen molar-refractivity contribution in [3.05, 3.63) is 52.6 Å². The highest BCUT2D eigenvalue weighted by Crippen LogP contribution is 2.25. The molecule has 0 spiro atoms. The van der Waals surface area contributed by atoms with E-state index in [0.29, 0.717) is 23.0 Å². The molecular formula is C18H21N5O4S. The lowest BCUT2D eigenvalue weighted by Gasteiger charge is -2.18. The van der Waals surface area contributed by atoms with Crippen molar-refractivity contribution < 1.29 is 13.2 Å². The fourth-order valence-corrected chi connectivity index (χ4v) is 4.12. The van der Waals surface area contributed by atoms with Gasteiger partial charge >= 0.3 is 0 Å². The van der Waals surface area contributed by atoms with E-state index in [9.17, 15) is 18.0 Å². The third kappa shape index (κ3) is 3.82. The van der Waals surface area contributed by atoms with Gasteiger partial charge in [-0.25, -0.2) is 8.42 Å². The number of aromatic amines is 1. The number of nitrogens with zero attached hydrogens (tertiary/aromatic N) is 3. The minimum absolute atomic E-state index is 0.0724. The van der Waals surface area contributed by atoms with Crippen molar-refractivity contribution in [1.29, 1.82) is 0 Å². The molecule has 9 nitrogen and oxygen atoms in total. The molecule has 2 aromatic heterocycles. The Hall–Kier alpha value is -2.98. The summed E-state index contributed by atoms with van der Waals surface area (Å²) in [6.45, 7) is 1.53. The molecule has 10 heteroatoms. The monoisotopic (exact) mass is 403 g/mol. The third-order valence-electron chi connectivity index (χ3n) is 4.42. The number of amides is 1. The van der Waals surface area contributed by atoms with Crippen molar-refractivity contribution >= 4 is 32.5 Å². The maximum atomic E-state index is 13.0. The summed E-state index contributed by atoms with van der Waals surface area (Å²) in [6, 6.07) is 6.30. The normalized spacial score (nSPS) is 11.9. The number of likely N-dealkylation sites (N-methyl/N-ethyl adjacent to an activating group) is 1. The second kappa shape index (κ2) is 7.56. The summed E-state index contributed by atoms with van der Waals surface area (Å²) in [7, 11) is -1.01. The average molecular weight is 403 g/mol. The molecule has 0 atom stereocenters. The molecular weight excluding hydrogens is 382 g/mol. The zero-order valence-electron chi connectivity index (χ0n) is 15.8. The number of aryl methyl sites for hydroxylation is 2. The number of rotatable bonds is 6. The minimum atomic E-state index is -3.93. The summed E-state index contributed by atoms with van der Waals surface area (Å²) < 4.78 is 28.4. The summed E-state index contributed by atoms with van der Waals surface area (Å²) in [5.74, 6) is -0.549. The number of anilines is 1. The molecule has 0 radical (unpaired) electrons. The Morgan fingerprint density at radius 3 is 2.75 bits per heavy atom. The van der Waals surface area contributed by atoms with Crippen LogP contribution in [0, 0.1) is 0 Å². The smallest absolute Gasteiger partial charge is 0.252 e. The van der Waals surface area contributed by atoms with Crippen LogP contribution in [0.4, 0.5) is 5.69 Å². The van der Waals surface area contributed by atoms with Crippen molar-refractivity contribution in [2.75, 3.05) is 18.9 Å². The molecule has 2 N–H and O–H groups in total. The molecule has 148 valence electrons. The number of hydrogen-bond donors (Lipinski definition) is 2. The Kier molecular flexibility index (Phi) is 5.34. The molecule has 2 heterocycles. The van der Waals surface area contributed by atoms with Gasteiger partial charge in [-0.15, -0.1) is 0 Å². The van der Waals surface area contributed by atoms with Crippen LogP contribution in [0.3, 0.4) is 0 Å². The fraction of sp³-hybridized carbons (Fsp3) is 0.278. The van der Waals surface area contributed by atoms with E-state index in [0.717, 1.165) is 9.87 Å². The largest absolute Gasteiger partial charge is 0.325 e. The van der Waals surface area contributed by atoms with Gasteiger partial charge in [0.1, 0.15) is 4.90 Å². The van der Waals surface area contributed by atoms with Gasteiger partial charge < -0.3 is 9.88 Å². The molecule has 3 aromatic rings. The minimum Gasteiger partial charge on any atom is -0.325 e. The third-order valence-corrected chi connectivity index (χ3v) is 6.25. The number of carbonyl (C=O) groups is 1. The highest BCUT2D eigenvalue weighted by atomic mass is 32.2. The zero-order chi connectivity index (χ0) is 20.5. The number of H-pyrrole nitrogens is 1. The van der Waals surface area contributed by atoms with Gasteiger partial charge in [0.2, 0.25) is 15.9 Å². The van der Waals surface area contributed by atoms with Crippen LogP contribution >= 0.6 is 0 Å². The Balaban J connectivity index is 1.84. The predicted molar refractivity (Wildman–Crippen MR) is 106 cm³/mol. The summed E-state index contributed by atoms with van der Waals surface area (Å²) in [4.78, 5) is 24.0. The average Bonchev–Trinajstić information content (AvgIpc) is 3.12. The molecule has 0 bridgehead atoms. The van der Waals surface area contributed by atoms with Crippen LogP contribution in [-0.4, -0.2) is 47.0 Å². The highest BCUT2D eigenvalue weighted by molar-refractivity contribution is 7.89. The van der Waals surface area contributed by atoms with Crippen molar-refractivity contribution in [3.8, 4) is 0 Å². The van der Waals surface area contributed by atoms with Crippen LogP contribution in [0.5, 0.6) is 0 Å². The van der Waals surface area contributed by atoms with Crippen LogP contribution in [-0.2, 0) is 28.3 Å². The molecule has 0 aliphatic carbocycles. The standard InChI is InChI=1S/C18H21N5O4S/c1-4-12-7-13-10-19-21-18(13)15(8-12)28(26,27)23(3)11-16(24)20-14-5-6-22(2)17(25)9-14/h5-10H,4,11H2,1-3H3,(H,19,21)(H,20,24). The van der Waals surface area contributed by atoms with Crippen LogP contribution in [0.2, 0.25) is 0 Å². The fourth-order valence-electron chi connectivity index (χ4n) is 2.77. The number of benzene rings is 1. The second-order valence-electron chi connectivity index (χ2n) is 6.46. The van der Waals surface area contributed by atoms with Crippen LogP contribution in [0.25, 0.3) is 10.9 Å². The van der Waals surface area contributed by atoms with E-state index in [2.05, 4.69) is 15.5 Å². The first-order valence-electron chi connectivity index (χ1n) is 8.61. The van der Waals surface area contributed by atoms with Crippen LogP contribution in [0.15, 0.2) is 46.3 Å². The van der Waals surface area contributed by atoms with E-state index >= 15 is 0 Å². The maximum absolute atomic E-state index is 13.0. The molecule has 3 rings (SSSR count). The molecule has 0 aliphatic heterocycles. The lowest BCUT2D eigenvalue weighted by Crippen LogP contribution is -2.35. The zero-order valence-corrected chi connectivity index (χ0v) is 16.6. The Morgan fingerprint density at radius 1 is 1.32 bits per heavy atom. The lowest BCUT2D eigenvalue weighted by atomic mass is 10.1. The summed E-state index contributed by atoms with van der Waals surface area (Å²) >= 11 is 0. The number of nitrogens with one attached hydrogen (secondary N) is 2. The summed E-state index contributed by atoms with van der Waals surface area (Å²) in [5, 5.41) is 9.87. The van der Waals surface area contributed by atoms with Gasteiger partial charge in [0.25, 0.3) is 5.56 Å². The van der Waals surface area contributed by atoms with Gasteiger partial charge in [0, 0.05) is 37.4 Å². The van der Waals surface area contributed by atoms with Gasteiger partial charge in [0.05, 0.1) is 18.3 Å². The lowest BCUT2D eigenvalue weighted by molar-refractivity contribution is -0.116. The Labute approximate surface area is 162 Å². The Morgan fingerprint density at radius 2 is 2.07 bits per heavy atom. The van der Waals surface area contributed by atoms with E-state index in [-0.39, 0.29) is 10.5 Å². The molecule has 1 amide bonds. The van der Waals surface area contributed by atoms with E-state index in [1.54, 1.807) is 25.4 Å². The summed E-state index contributed by atoms with van der Waals surface area (Å²) in [6.07, 6.45) is 3.75. The van der Waals surface area contributed by atoms with Crippen molar-refractivity contribution in [1.82, 2.24) is 19.1 Å². The SMILES string of the molecule is CCc1cc(S(=O)(=O)N(C)CC(=O)Nc2ccn(C)c(=O)c2)c2[nH]ncc2c1. The predicted octanol–water partition coefficient (Wildman–Crippen LogP) is 1.08. The molecule has 0 fully saturated rings. The first-order chi connectivity index (χ1) is 13.2. The highest BCUT2D eigenvalue weighted by Gasteiger charge is 2.26. The number of aromatic nitrogens is 3. The molecule has 0 aliphatic rings. The van der Waals surface area contributed by atoms with Crippen molar-refractivity contribution in [2.45, 2.75) is 18.2 Å². The quantitative estimate of drug-likeness (QED) is 0.639. The number of carbonyl (C=O) groups excluding carboxylic acids is 1. The van der Waals surface area contributed by atoms with E-state index in [4.69, 9.17) is 0 Å². The number of hydrogen-bond acceptors (Lipinski definition) is 5. The first-order valence-corrected chi connectivity index (χ1v) is 10.0. The summed E-state index contributed by atoms with van der Waals surface area (Å²) in [5.41, 5.74) is 1.28. The Bertz CT molecular complexity index is 1200. The van der Waals surface area contributed by atoms with Gasteiger partial charge in [-0.2, -0.15) is 9.40 Å². The van der Waals surface area contributed by atoms with E-state index in [1.807, 2.05) is 13.0 Å². The molecule has 28 heavy (non-hydrogen) atoms. The van der Waals surface area contributed by atoms with Crippen molar-refractivity contribution in [2.24, 2.45) is 7.05 Å². The number of sulfonamides is 1. The molecule has 0 saturated heterocycles.